The van der Waals surface area contributed by atoms with Gasteiger partial charge in [-0.1, -0.05) is 20.3 Å². The molecule has 0 aliphatic carbocycles. The molecular formula is C12H20N2O2. The van der Waals surface area contributed by atoms with E-state index >= 15 is 0 Å². The molecule has 0 atom stereocenters. The Morgan fingerprint density at radius 1 is 1.12 bits per heavy atom. The number of hydrogen-bond acceptors (Lipinski definition) is 4. The summed E-state index contributed by atoms with van der Waals surface area (Å²) in [6.07, 6.45) is 3.06. The first kappa shape index (κ1) is 12.6. The van der Waals surface area contributed by atoms with E-state index in [1.54, 1.807) is 12.1 Å². The van der Waals surface area contributed by atoms with Gasteiger partial charge in [0.2, 0.25) is 11.8 Å². The molecule has 0 aliphatic rings. The summed E-state index contributed by atoms with van der Waals surface area (Å²) in [4.78, 5) is 4.21. The molecule has 90 valence electrons. The number of nitrogens with zero attached hydrogens (tertiary/aromatic N) is 1. The summed E-state index contributed by atoms with van der Waals surface area (Å²) in [6, 6.07) is 3.53. The van der Waals surface area contributed by atoms with Crippen LogP contribution < -0.4 is 15.2 Å². The summed E-state index contributed by atoms with van der Waals surface area (Å²) in [5, 5.41) is 0. The predicted molar refractivity (Wildman–Crippen MR) is 64.8 cm³/mol. The lowest BCUT2D eigenvalue weighted by molar-refractivity contribution is 0.277. The lowest BCUT2D eigenvalue weighted by Crippen LogP contribution is -2.04. The zero-order valence-corrected chi connectivity index (χ0v) is 10.0. The van der Waals surface area contributed by atoms with Crippen LogP contribution in [0.3, 0.4) is 0 Å². The SMILES string of the molecule is CCCCOc1ccc(N)c(OCCC)n1. The summed E-state index contributed by atoms with van der Waals surface area (Å²) >= 11 is 0. The zero-order chi connectivity index (χ0) is 11.8. The first-order valence-corrected chi connectivity index (χ1v) is 5.80. The van der Waals surface area contributed by atoms with Crippen LogP contribution in [-0.4, -0.2) is 18.2 Å². The van der Waals surface area contributed by atoms with Crippen LogP contribution in [0.15, 0.2) is 12.1 Å². The molecule has 4 nitrogen and oxygen atoms in total. The second-order valence-electron chi connectivity index (χ2n) is 3.59. The van der Waals surface area contributed by atoms with E-state index in [9.17, 15) is 0 Å². The molecule has 1 rings (SSSR count). The summed E-state index contributed by atoms with van der Waals surface area (Å²) in [5.74, 6) is 1.05. The van der Waals surface area contributed by atoms with E-state index in [2.05, 4.69) is 11.9 Å². The van der Waals surface area contributed by atoms with Gasteiger partial charge in [-0.25, -0.2) is 0 Å². The molecule has 2 N–H and O–H groups in total. The molecule has 0 saturated carbocycles. The van der Waals surface area contributed by atoms with Crippen LogP contribution in [0.25, 0.3) is 0 Å². The maximum absolute atomic E-state index is 5.74. The van der Waals surface area contributed by atoms with E-state index in [1.165, 1.54) is 0 Å². The lowest BCUT2D eigenvalue weighted by atomic mass is 10.3. The first-order valence-electron chi connectivity index (χ1n) is 5.80. The molecule has 16 heavy (non-hydrogen) atoms. The Morgan fingerprint density at radius 2 is 1.94 bits per heavy atom. The van der Waals surface area contributed by atoms with Gasteiger partial charge in [0.05, 0.1) is 18.9 Å². The van der Waals surface area contributed by atoms with Crippen LogP contribution >= 0.6 is 0 Å². The Morgan fingerprint density at radius 3 is 2.62 bits per heavy atom. The molecule has 0 unspecified atom stereocenters. The highest BCUT2D eigenvalue weighted by molar-refractivity contribution is 5.49. The highest BCUT2D eigenvalue weighted by atomic mass is 16.5. The van der Waals surface area contributed by atoms with Gasteiger partial charge >= 0.3 is 0 Å². The van der Waals surface area contributed by atoms with Crippen molar-refractivity contribution in [2.24, 2.45) is 0 Å². The molecule has 1 aromatic rings. The molecule has 0 bridgehead atoms. The minimum absolute atomic E-state index is 0.468. The van der Waals surface area contributed by atoms with E-state index < -0.39 is 0 Å². The van der Waals surface area contributed by atoms with Crippen LogP contribution in [-0.2, 0) is 0 Å². The van der Waals surface area contributed by atoms with Crippen molar-refractivity contribution in [3.63, 3.8) is 0 Å². The van der Waals surface area contributed by atoms with Crippen LogP contribution in [0.4, 0.5) is 5.69 Å². The van der Waals surface area contributed by atoms with Gasteiger partial charge in [-0.05, 0) is 18.9 Å². The molecule has 0 aliphatic heterocycles. The second kappa shape index (κ2) is 6.93. The van der Waals surface area contributed by atoms with Crippen molar-refractivity contribution < 1.29 is 9.47 Å². The third kappa shape index (κ3) is 3.96. The quantitative estimate of drug-likeness (QED) is 0.723. The smallest absolute Gasteiger partial charge is 0.240 e. The van der Waals surface area contributed by atoms with Crippen molar-refractivity contribution >= 4 is 5.69 Å². The third-order valence-electron chi connectivity index (χ3n) is 2.05. The minimum atomic E-state index is 0.468. The summed E-state index contributed by atoms with van der Waals surface area (Å²) in [7, 11) is 0. The molecule has 1 aromatic heterocycles. The van der Waals surface area contributed by atoms with Gasteiger partial charge in [-0.2, -0.15) is 4.98 Å². The van der Waals surface area contributed by atoms with Crippen molar-refractivity contribution in [1.82, 2.24) is 4.98 Å². The van der Waals surface area contributed by atoms with Crippen molar-refractivity contribution in [3.05, 3.63) is 12.1 Å². The van der Waals surface area contributed by atoms with Gasteiger partial charge in [-0.3, -0.25) is 0 Å². The van der Waals surface area contributed by atoms with E-state index in [1.807, 2.05) is 6.92 Å². The van der Waals surface area contributed by atoms with Crippen LogP contribution in [0, 0.1) is 0 Å². The van der Waals surface area contributed by atoms with Crippen molar-refractivity contribution in [2.45, 2.75) is 33.1 Å². The molecule has 0 spiro atoms. The van der Waals surface area contributed by atoms with Crippen LogP contribution in [0.1, 0.15) is 33.1 Å². The first-order chi connectivity index (χ1) is 7.77. The van der Waals surface area contributed by atoms with Gasteiger partial charge in [0, 0.05) is 6.07 Å². The Bertz CT molecular complexity index is 316. The molecular weight excluding hydrogens is 204 g/mol. The van der Waals surface area contributed by atoms with Crippen LogP contribution in [0.2, 0.25) is 0 Å². The van der Waals surface area contributed by atoms with Crippen LogP contribution in [0.5, 0.6) is 11.8 Å². The second-order valence-corrected chi connectivity index (χ2v) is 3.59. The monoisotopic (exact) mass is 224 g/mol. The highest BCUT2D eigenvalue weighted by Crippen LogP contribution is 2.22. The average molecular weight is 224 g/mol. The molecule has 4 heteroatoms. The predicted octanol–water partition coefficient (Wildman–Crippen LogP) is 2.63. The van der Waals surface area contributed by atoms with Gasteiger partial charge in [-0.15, -0.1) is 0 Å². The van der Waals surface area contributed by atoms with E-state index in [4.69, 9.17) is 15.2 Å². The number of nitrogen functional groups attached to an aromatic ring is 1. The van der Waals surface area contributed by atoms with Gasteiger partial charge < -0.3 is 15.2 Å². The number of anilines is 1. The highest BCUT2D eigenvalue weighted by Gasteiger charge is 2.04. The number of rotatable bonds is 7. The number of ether oxygens (including phenoxy) is 2. The van der Waals surface area contributed by atoms with Crippen molar-refractivity contribution in [3.8, 4) is 11.8 Å². The Labute approximate surface area is 96.8 Å². The zero-order valence-electron chi connectivity index (χ0n) is 10.0. The minimum Gasteiger partial charge on any atom is -0.478 e. The molecule has 0 fully saturated rings. The summed E-state index contributed by atoms with van der Waals surface area (Å²) < 4.78 is 10.9. The Balaban J connectivity index is 2.58. The maximum Gasteiger partial charge on any atom is 0.240 e. The lowest BCUT2D eigenvalue weighted by Gasteiger charge is -2.09. The number of nitrogens with two attached hydrogens (primary N) is 1. The van der Waals surface area contributed by atoms with Crippen molar-refractivity contribution in [2.75, 3.05) is 18.9 Å². The fourth-order valence-electron chi connectivity index (χ4n) is 1.15. The summed E-state index contributed by atoms with van der Waals surface area (Å²) in [6.45, 7) is 5.46. The van der Waals surface area contributed by atoms with Gasteiger partial charge in [0.15, 0.2) is 0 Å². The van der Waals surface area contributed by atoms with E-state index in [0.29, 0.717) is 30.7 Å². The van der Waals surface area contributed by atoms with Gasteiger partial charge in [0.25, 0.3) is 0 Å². The molecule has 1 heterocycles. The molecule has 0 aromatic carbocycles. The average Bonchev–Trinajstić information content (AvgIpc) is 2.30. The fraction of sp³-hybridized carbons (Fsp3) is 0.583. The Kier molecular flexibility index (Phi) is 5.46. The topological polar surface area (TPSA) is 57.4 Å². The fourth-order valence-corrected chi connectivity index (χ4v) is 1.15. The third-order valence-corrected chi connectivity index (χ3v) is 2.05. The number of pyridine rings is 1. The normalized spacial score (nSPS) is 10.1. The molecule has 0 radical (unpaired) electrons. The maximum atomic E-state index is 5.74. The summed E-state index contributed by atoms with van der Waals surface area (Å²) in [5.41, 5.74) is 6.29. The van der Waals surface area contributed by atoms with Crippen molar-refractivity contribution in [1.29, 1.82) is 0 Å². The van der Waals surface area contributed by atoms with Gasteiger partial charge in [0.1, 0.15) is 0 Å². The number of unbranched alkanes of at least 4 members (excludes halogenated alkanes) is 1. The molecule has 0 saturated heterocycles. The number of hydrogen-bond donors (Lipinski definition) is 1. The van der Waals surface area contributed by atoms with E-state index in [-0.39, 0.29) is 0 Å². The number of aromatic nitrogens is 1. The molecule has 0 amide bonds. The largest absolute Gasteiger partial charge is 0.478 e. The standard InChI is InChI=1S/C12H20N2O2/c1-3-5-9-15-11-7-6-10(13)12(14-11)16-8-4-2/h6-7H,3-5,8-9,13H2,1-2H3. The van der Waals surface area contributed by atoms with E-state index in [0.717, 1.165) is 19.3 Å². The Hall–Kier alpha value is -1.45.